The molecule has 0 aromatic heterocycles. The summed E-state index contributed by atoms with van der Waals surface area (Å²) in [4.78, 5) is 23.6. The molecule has 0 unspecified atom stereocenters. The Morgan fingerprint density at radius 3 is 2.33 bits per heavy atom. The monoisotopic (exact) mass is 374 g/mol. The zero-order valence-electron chi connectivity index (χ0n) is 15.8. The van der Waals surface area contributed by atoms with Gasteiger partial charge in [0.25, 0.3) is 5.91 Å². The Hall–Kier alpha value is -2.31. The summed E-state index contributed by atoms with van der Waals surface area (Å²) in [5.74, 6) is 2.46. The van der Waals surface area contributed by atoms with Crippen LogP contribution in [0.3, 0.4) is 0 Å². The maximum absolute atomic E-state index is 12.8. The van der Waals surface area contributed by atoms with E-state index in [-0.39, 0.29) is 22.9 Å². The van der Waals surface area contributed by atoms with E-state index in [1.807, 2.05) is 0 Å². The second-order valence-electron chi connectivity index (χ2n) is 8.54. The molecule has 1 aromatic carbocycles. The first-order valence-electron chi connectivity index (χ1n) is 9.68. The van der Waals surface area contributed by atoms with E-state index < -0.39 is 11.0 Å². The predicted molar refractivity (Wildman–Crippen MR) is 98.8 cm³/mol. The molecule has 1 atom stereocenters. The van der Waals surface area contributed by atoms with Gasteiger partial charge in [0.15, 0.2) is 11.9 Å². The molecule has 146 valence electrons. The van der Waals surface area contributed by atoms with E-state index in [9.17, 15) is 14.9 Å². The number of nitro benzene ring substituents is 1. The molecule has 0 saturated heterocycles. The molecule has 5 rings (SSSR count). The van der Waals surface area contributed by atoms with Gasteiger partial charge in [-0.2, -0.15) is 0 Å². The van der Waals surface area contributed by atoms with Crippen LogP contribution in [-0.2, 0) is 4.79 Å². The van der Waals surface area contributed by atoms with Crippen LogP contribution in [0, 0.1) is 27.9 Å². The van der Waals surface area contributed by atoms with Crippen LogP contribution in [0.1, 0.15) is 45.4 Å². The van der Waals surface area contributed by atoms with Gasteiger partial charge in [0, 0.05) is 5.54 Å². The number of nitrogens with one attached hydrogen (secondary N) is 1. The van der Waals surface area contributed by atoms with Gasteiger partial charge < -0.3 is 14.8 Å². The standard InChI is InChI=1S/C20H26N2O5/c1-12(27-18-4-3-16(26-2)8-17(18)22(24)25)19(23)21-20-9-13-5-14(10-20)7-15(6-13)11-20/h3-4,8,12-15H,5-7,9-11H2,1-2H3,(H,21,23)/t12-,13?,14?,15?,20?/m1/s1. The van der Waals surface area contributed by atoms with Gasteiger partial charge in [-0.3, -0.25) is 14.9 Å². The van der Waals surface area contributed by atoms with Crippen LogP contribution >= 0.6 is 0 Å². The highest BCUT2D eigenvalue weighted by Gasteiger charge is 2.51. The van der Waals surface area contributed by atoms with E-state index in [1.54, 1.807) is 13.0 Å². The zero-order chi connectivity index (χ0) is 19.2. The quantitative estimate of drug-likeness (QED) is 0.608. The molecule has 4 aliphatic carbocycles. The largest absolute Gasteiger partial charge is 0.496 e. The normalized spacial score (nSPS) is 32.0. The SMILES string of the molecule is COc1ccc(O[C@H](C)C(=O)NC23CC4CC(CC(C4)C2)C3)c([N+](=O)[O-])c1. The molecular weight excluding hydrogens is 348 g/mol. The fourth-order valence-corrected chi connectivity index (χ4v) is 5.74. The molecule has 4 fully saturated rings. The molecule has 4 bridgehead atoms. The number of ether oxygens (including phenoxy) is 2. The maximum atomic E-state index is 12.8. The number of nitro groups is 1. The van der Waals surface area contributed by atoms with E-state index >= 15 is 0 Å². The average molecular weight is 374 g/mol. The van der Waals surface area contributed by atoms with Gasteiger partial charge in [-0.25, -0.2) is 0 Å². The summed E-state index contributed by atoms with van der Waals surface area (Å²) in [6.45, 7) is 1.64. The van der Waals surface area contributed by atoms with Crippen molar-refractivity contribution < 1.29 is 19.2 Å². The van der Waals surface area contributed by atoms with E-state index in [0.29, 0.717) is 5.75 Å². The van der Waals surface area contributed by atoms with Crippen LogP contribution in [0.5, 0.6) is 11.5 Å². The molecule has 1 N–H and O–H groups in total. The van der Waals surface area contributed by atoms with Crippen LogP contribution in [0.25, 0.3) is 0 Å². The van der Waals surface area contributed by atoms with Gasteiger partial charge in [0.05, 0.1) is 18.1 Å². The zero-order valence-corrected chi connectivity index (χ0v) is 15.8. The molecule has 27 heavy (non-hydrogen) atoms. The second kappa shape index (κ2) is 6.69. The number of nitrogens with zero attached hydrogens (tertiary/aromatic N) is 1. The summed E-state index contributed by atoms with van der Waals surface area (Å²) in [7, 11) is 1.45. The van der Waals surface area contributed by atoms with Crippen LogP contribution in [0.2, 0.25) is 0 Å². The number of rotatable bonds is 6. The molecule has 7 nitrogen and oxygen atoms in total. The first kappa shape index (κ1) is 18.1. The van der Waals surface area contributed by atoms with Gasteiger partial charge in [-0.05, 0) is 75.3 Å². The molecule has 1 amide bonds. The lowest BCUT2D eigenvalue weighted by atomic mass is 9.53. The van der Waals surface area contributed by atoms with Crippen molar-refractivity contribution in [1.82, 2.24) is 5.32 Å². The molecular formula is C20H26N2O5. The van der Waals surface area contributed by atoms with Crippen molar-refractivity contribution in [3.63, 3.8) is 0 Å². The van der Waals surface area contributed by atoms with Crippen molar-refractivity contribution in [2.45, 2.75) is 57.1 Å². The second-order valence-corrected chi connectivity index (χ2v) is 8.54. The van der Waals surface area contributed by atoms with E-state index in [4.69, 9.17) is 9.47 Å². The summed E-state index contributed by atoms with van der Waals surface area (Å²) < 4.78 is 10.7. The fourth-order valence-electron chi connectivity index (χ4n) is 5.74. The minimum absolute atomic E-state index is 0.0777. The third kappa shape index (κ3) is 3.47. The highest BCUT2D eigenvalue weighted by Crippen LogP contribution is 2.55. The highest BCUT2D eigenvalue weighted by atomic mass is 16.6. The highest BCUT2D eigenvalue weighted by molar-refractivity contribution is 5.81. The number of hydrogen-bond acceptors (Lipinski definition) is 5. The molecule has 1 aromatic rings. The molecule has 0 aliphatic heterocycles. The van der Waals surface area contributed by atoms with Crippen LogP contribution in [0.4, 0.5) is 5.69 Å². The molecule has 0 spiro atoms. The van der Waals surface area contributed by atoms with E-state index in [2.05, 4.69) is 5.32 Å². The van der Waals surface area contributed by atoms with Crippen molar-refractivity contribution >= 4 is 11.6 Å². The topological polar surface area (TPSA) is 90.7 Å². The Morgan fingerprint density at radius 2 is 1.81 bits per heavy atom. The van der Waals surface area contributed by atoms with Crippen LogP contribution < -0.4 is 14.8 Å². The lowest BCUT2D eigenvalue weighted by Crippen LogP contribution is -2.61. The van der Waals surface area contributed by atoms with Crippen molar-refractivity contribution in [2.75, 3.05) is 7.11 Å². The van der Waals surface area contributed by atoms with E-state index in [1.165, 1.54) is 38.5 Å². The van der Waals surface area contributed by atoms with Crippen molar-refractivity contribution in [1.29, 1.82) is 0 Å². The predicted octanol–water partition coefficient (Wildman–Crippen LogP) is 3.46. The van der Waals surface area contributed by atoms with Crippen LogP contribution in [0.15, 0.2) is 18.2 Å². The summed E-state index contributed by atoms with van der Waals surface area (Å²) in [5.41, 5.74) is -0.307. The Kier molecular flexibility index (Phi) is 4.48. The minimum Gasteiger partial charge on any atom is -0.496 e. The number of amides is 1. The van der Waals surface area contributed by atoms with Gasteiger partial charge >= 0.3 is 5.69 Å². The smallest absolute Gasteiger partial charge is 0.314 e. The summed E-state index contributed by atoms with van der Waals surface area (Å²) >= 11 is 0. The number of carbonyl (C=O) groups is 1. The van der Waals surface area contributed by atoms with Crippen molar-refractivity contribution in [3.05, 3.63) is 28.3 Å². The van der Waals surface area contributed by atoms with Gasteiger partial charge in [0.2, 0.25) is 0 Å². The van der Waals surface area contributed by atoms with Gasteiger partial charge in [0.1, 0.15) is 5.75 Å². The van der Waals surface area contributed by atoms with Gasteiger partial charge in [-0.15, -0.1) is 0 Å². The first-order chi connectivity index (χ1) is 12.9. The summed E-state index contributed by atoms with van der Waals surface area (Å²) in [6.07, 6.45) is 6.28. The maximum Gasteiger partial charge on any atom is 0.314 e. The third-order valence-corrected chi connectivity index (χ3v) is 6.46. The van der Waals surface area contributed by atoms with Gasteiger partial charge in [-0.1, -0.05) is 0 Å². The lowest BCUT2D eigenvalue weighted by Gasteiger charge is -2.57. The molecule has 0 heterocycles. The average Bonchev–Trinajstić information content (AvgIpc) is 2.60. The number of benzene rings is 1. The lowest BCUT2D eigenvalue weighted by molar-refractivity contribution is -0.386. The Labute approximate surface area is 158 Å². The number of methoxy groups -OCH3 is 1. The summed E-state index contributed by atoms with van der Waals surface area (Å²) in [6, 6.07) is 4.37. The van der Waals surface area contributed by atoms with Crippen molar-refractivity contribution in [2.24, 2.45) is 17.8 Å². The Bertz CT molecular complexity index is 727. The Morgan fingerprint density at radius 1 is 1.22 bits per heavy atom. The number of carbonyl (C=O) groups excluding carboxylic acids is 1. The van der Waals surface area contributed by atoms with E-state index in [0.717, 1.165) is 37.0 Å². The minimum atomic E-state index is -0.801. The fraction of sp³-hybridized carbons (Fsp3) is 0.650. The third-order valence-electron chi connectivity index (χ3n) is 6.46. The molecule has 0 radical (unpaired) electrons. The number of hydrogen-bond donors (Lipinski definition) is 1. The Balaban J connectivity index is 1.45. The summed E-state index contributed by atoms with van der Waals surface area (Å²) in [5, 5.41) is 14.6. The molecule has 4 aliphatic rings. The molecule has 7 heteroatoms. The van der Waals surface area contributed by atoms with Crippen LogP contribution in [-0.4, -0.2) is 29.6 Å². The van der Waals surface area contributed by atoms with Crippen molar-refractivity contribution in [3.8, 4) is 11.5 Å². The molecule has 4 saturated carbocycles. The first-order valence-corrected chi connectivity index (χ1v) is 9.68.